The van der Waals surface area contributed by atoms with Gasteiger partial charge >= 0.3 is 5.97 Å². The summed E-state index contributed by atoms with van der Waals surface area (Å²) in [4.78, 5) is 35.3. The Kier molecular flexibility index (Phi) is 5.21. The van der Waals surface area contributed by atoms with Gasteiger partial charge in [0.1, 0.15) is 12.4 Å². The Bertz CT molecular complexity index is 1500. The zero-order valence-electron chi connectivity index (χ0n) is 20.5. The first kappa shape index (κ1) is 23.4. The number of rotatable bonds is 3. The van der Waals surface area contributed by atoms with E-state index in [9.17, 15) is 19.1 Å². The van der Waals surface area contributed by atoms with E-state index in [1.54, 1.807) is 36.8 Å². The standard InChI is InChI=1S/C27H28FN3O4/c1-6-27(34)19-8-22-23-17(11-31(22)24(32)18(19)12-35-25(27)33)16(10-29-13-26(3,4)5)15-7-14(2)20(28)9-21(15)30-23/h7-10,34H,6,11-13H2,1-5H3/t27-/m0/s1. The molecule has 0 spiro atoms. The molecule has 5 rings (SSSR count). The van der Waals surface area contributed by atoms with Crippen molar-refractivity contribution >= 4 is 23.1 Å². The molecule has 35 heavy (non-hydrogen) atoms. The molecule has 2 aliphatic heterocycles. The van der Waals surface area contributed by atoms with Gasteiger partial charge in [-0.15, -0.1) is 0 Å². The van der Waals surface area contributed by atoms with E-state index in [1.165, 1.54) is 6.07 Å². The average Bonchev–Trinajstić information content (AvgIpc) is 3.15. The first-order chi connectivity index (χ1) is 16.4. The lowest BCUT2D eigenvalue weighted by Gasteiger charge is -2.31. The van der Waals surface area contributed by atoms with Gasteiger partial charge < -0.3 is 14.4 Å². The van der Waals surface area contributed by atoms with Gasteiger partial charge in [0.25, 0.3) is 5.56 Å². The van der Waals surface area contributed by atoms with Gasteiger partial charge in [0.15, 0.2) is 5.60 Å². The monoisotopic (exact) mass is 477 g/mol. The number of aromatic nitrogens is 2. The Hall–Kier alpha value is -3.39. The van der Waals surface area contributed by atoms with Crippen molar-refractivity contribution in [3.05, 3.63) is 62.2 Å². The van der Waals surface area contributed by atoms with Gasteiger partial charge in [-0.25, -0.2) is 14.2 Å². The van der Waals surface area contributed by atoms with E-state index in [-0.39, 0.29) is 47.5 Å². The summed E-state index contributed by atoms with van der Waals surface area (Å²) in [6, 6.07) is 4.81. The Balaban J connectivity index is 1.79. The molecule has 0 bridgehead atoms. The predicted octanol–water partition coefficient (Wildman–Crippen LogP) is 3.99. The fraction of sp³-hybridized carbons (Fsp3) is 0.407. The third-order valence-electron chi connectivity index (χ3n) is 6.80. The highest BCUT2D eigenvalue weighted by Crippen LogP contribution is 2.40. The summed E-state index contributed by atoms with van der Waals surface area (Å²) in [5, 5.41) is 11.8. The number of nitrogens with zero attached hydrogens (tertiary/aromatic N) is 3. The van der Waals surface area contributed by atoms with E-state index in [1.807, 2.05) is 0 Å². The van der Waals surface area contributed by atoms with Crippen LogP contribution in [-0.2, 0) is 28.3 Å². The molecule has 0 aliphatic carbocycles. The molecule has 4 heterocycles. The van der Waals surface area contributed by atoms with Crippen LogP contribution in [0.5, 0.6) is 0 Å². The number of aryl methyl sites for hydroxylation is 1. The summed E-state index contributed by atoms with van der Waals surface area (Å²) in [7, 11) is 0. The molecule has 1 aromatic carbocycles. The van der Waals surface area contributed by atoms with Gasteiger partial charge in [-0.05, 0) is 36.5 Å². The molecule has 8 heteroatoms. The number of aliphatic hydroxyl groups is 1. The number of cyclic esters (lactones) is 1. The van der Waals surface area contributed by atoms with Crippen LogP contribution in [0, 0.1) is 18.2 Å². The van der Waals surface area contributed by atoms with E-state index >= 15 is 0 Å². The summed E-state index contributed by atoms with van der Waals surface area (Å²) < 4.78 is 21.2. The molecule has 0 saturated carbocycles. The number of hydrogen-bond acceptors (Lipinski definition) is 6. The second-order valence-corrected chi connectivity index (χ2v) is 10.6. The summed E-state index contributed by atoms with van der Waals surface area (Å²) in [6.45, 7) is 10.3. The second kappa shape index (κ2) is 7.81. The van der Waals surface area contributed by atoms with Crippen LogP contribution in [-0.4, -0.2) is 33.4 Å². The van der Waals surface area contributed by atoms with Gasteiger partial charge in [0, 0.05) is 40.9 Å². The van der Waals surface area contributed by atoms with Gasteiger partial charge in [-0.2, -0.15) is 0 Å². The molecule has 182 valence electrons. The van der Waals surface area contributed by atoms with Crippen molar-refractivity contribution in [2.75, 3.05) is 6.54 Å². The minimum Gasteiger partial charge on any atom is -0.458 e. The largest absolute Gasteiger partial charge is 0.458 e. The lowest BCUT2D eigenvalue weighted by Crippen LogP contribution is -2.44. The molecule has 0 amide bonds. The van der Waals surface area contributed by atoms with Gasteiger partial charge in [0.2, 0.25) is 0 Å². The maximum absolute atomic E-state index is 14.5. The van der Waals surface area contributed by atoms with E-state index in [2.05, 4.69) is 25.8 Å². The fourth-order valence-electron chi connectivity index (χ4n) is 4.80. The zero-order chi connectivity index (χ0) is 25.3. The van der Waals surface area contributed by atoms with Crippen molar-refractivity contribution in [1.82, 2.24) is 9.55 Å². The van der Waals surface area contributed by atoms with E-state index < -0.39 is 11.6 Å². The molecule has 1 N–H and O–H groups in total. The predicted molar refractivity (Wildman–Crippen MR) is 131 cm³/mol. The minimum absolute atomic E-state index is 0.0133. The molecule has 0 fully saturated rings. The molecular weight excluding hydrogens is 449 g/mol. The number of carbonyl (C=O) groups is 1. The van der Waals surface area contributed by atoms with Gasteiger partial charge in [0.05, 0.1) is 29.0 Å². The number of benzene rings is 1. The third kappa shape index (κ3) is 3.58. The summed E-state index contributed by atoms with van der Waals surface area (Å²) in [5.41, 5.74) is 1.81. The normalized spacial score (nSPS) is 19.1. The van der Waals surface area contributed by atoms with Crippen molar-refractivity contribution < 1.29 is 19.0 Å². The Morgan fingerprint density at radius 2 is 2.00 bits per heavy atom. The van der Waals surface area contributed by atoms with E-state index in [0.717, 1.165) is 16.5 Å². The molecule has 2 aliphatic rings. The van der Waals surface area contributed by atoms with Gasteiger partial charge in [-0.1, -0.05) is 27.7 Å². The van der Waals surface area contributed by atoms with Crippen LogP contribution < -0.4 is 5.56 Å². The maximum Gasteiger partial charge on any atom is 0.343 e. The Morgan fingerprint density at radius 3 is 2.69 bits per heavy atom. The van der Waals surface area contributed by atoms with Crippen LogP contribution in [0.2, 0.25) is 0 Å². The first-order valence-corrected chi connectivity index (χ1v) is 11.7. The molecule has 0 unspecified atom stereocenters. The molecule has 7 nitrogen and oxygen atoms in total. The SMILES string of the molecule is CC[C@@]1(O)C(=O)OCc2c1cc1n(c2=O)Cc2c-1nc1cc(F)c(C)cc1c2C=NCC(C)(C)C. The Labute approximate surface area is 202 Å². The number of ether oxygens (including phenoxy) is 1. The summed E-state index contributed by atoms with van der Waals surface area (Å²) in [5.74, 6) is -1.14. The smallest absolute Gasteiger partial charge is 0.343 e. The van der Waals surface area contributed by atoms with Crippen molar-refractivity contribution in [1.29, 1.82) is 0 Å². The quantitative estimate of drug-likeness (QED) is 0.356. The fourth-order valence-corrected chi connectivity index (χ4v) is 4.80. The topological polar surface area (TPSA) is 93.8 Å². The van der Waals surface area contributed by atoms with Crippen LogP contribution in [0.15, 0.2) is 28.0 Å². The number of halogens is 1. The van der Waals surface area contributed by atoms with Crippen LogP contribution in [0.4, 0.5) is 4.39 Å². The number of carbonyl (C=O) groups excluding carboxylic acids is 1. The molecule has 0 saturated heterocycles. The molecule has 2 aromatic heterocycles. The molecule has 3 aromatic rings. The molecular formula is C27H28FN3O4. The van der Waals surface area contributed by atoms with Crippen molar-refractivity contribution in [3.8, 4) is 11.4 Å². The number of pyridine rings is 2. The Morgan fingerprint density at radius 1 is 1.26 bits per heavy atom. The van der Waals surface area contributed by atoms with Crippen LogP contribution in [0.3, 0.4) is 0 Å². The highest BCUT2D eigenvalue weighted by atomic mass is 19.1. The number of fused-ring (bicyclic) bond motifs is 5. The van der Waals surface area contributed by atoms with E-state index in [4.69, 9.17) is 9.72 Å². The highest BCUT2D eigenvalue weighted by molar-refractivity contribution is 6.02. The lowest BCUT2D eigenvalue weighted by molar-refractivity contribution is -0.172. The summed E-state index contributed by atoms with van der Waals surface area (Å²) >= 11 is 0. The number of aliphatic imine (C=N–C) groups is 1. The summed E-state index contributed by atoms with van der Waals surface area (Å²) in [6.07, 6.45) is 1.85. The second-order valence-electron chi connectivity index (χ2n) is 10.6. The minimum atomic E-state index is -1.90. The van der Waals surface area contributed by atoms with Gasteiger partial charge in [-0.3, -0.25) is 9.79 Å². The highest BCUT2D eigenvalue weighted by Gasteiger charge is 2.45. The molecule has 1 atom stereocenters. The van der Waals surface area contributed by atoms with Crippen LogP contribution >= 0.6 is 0 Å². The number of esters is 1. The zero-order valence-corrected chi connectivity index (χ0v) is 20.5. The third-order valence-corrected chi connectivity index (χ3v) is 6.80. The van der Waals surface area contributed by atoms with Crippen LogP contribution in [0.25, 0.3) is 22.3 Å². The first-order valence-electron chi connectivity index (χ1n) is 11.7. The number of hydrogen-bond donors (Lipinski definition) is 1. The molecule has 0 radical (unpaired) electrons. The lowest BCUT2D eigenvalue weighted by atomic mass is 9.86. The van der Waals surface area contributed by atoms with Crippen LogP contribution in [0.1, 0.15) is 61.9 Å². The maximum atomic E-state index is 14.5. The van der Waals surface area contributed by atoms with Crippen molar-refractivity contribution in [2.24, 2.45) is 10.4 Å². The van der Waals surface area contributed by atoms with Crippen molar-refractivity contribution in [2.45, 2.75) is 59.8 Å². The van der Waals surface area contributed by atoms with Crippen molar-refractivity contribution in [3.63, 3.8) is 0 Å². The average molecular weight is 478 g/mol. The van der Waals surface area contributed by atoms with E-state index in [0.29, 0.717) is 29.0 Å².